The lowest BCUT2D eigenvalue weighted by Gasteiger charge is -2.31. The molecule has 1 aromatic rings. The second kappa shape index (κ2) is 8.31. The van der Waals surface area contributed by atoms with Crippen LogP contribution < -0.4 is 0 Å². The van der Waals surface area contributed by atoms with Gasteiger partial charge in [0.05, 0.1) is 12.0 Å². The number of carbonyl (C=O) groups is 1. The number of rotatable bonds is 6. The van der Waals surface area contributed by atoms with Gasteiger partial charge >= 0.3 is 5.97 Å². The van der Waals surface area contributed by atoms with Gasteiger partial charge in [-0.15, -0.1) is 6.58 Å². The number of hydrogen-bond acceptors (Lipinski definition) is 4. The Labute approximate surface area is 155 Å². The van der Waals surface area contributed by atoms with Gasteiger partial charge < -0.3 is 4.74 Å². The second-order valence-corrected chi connectivity index (χ2v) is 7.52. The first kappa shape index (κ1) is 19.1. The van der Waals surface area contributed by atoms with Crippen molar-refractivity contribution in [1.29, 1.82) is 0 Å². The van der Waals surface area contributed by atoms with Crippen LogP contribution in [0.15, 0.2) is 36.9 Å². The molecule has 0 N–H and O–H groups in total. The standard InChI is InChI=1S/C21H29FN2O2/c1-3-11-24-15-18-14-23(13-17-6-8-19(22)9-7-17)12-5-10-21(18,16-24)20(25)26-4-2/h3,6-9,18H,1,4-5,10-16H2,2H3/t18-,21-/m1/s1. The summed E-state index contributed by atoms with van der Waals surface area (Å²) in [5, 5.41) is 0. The average Bonchev–Trinajstić information content (AvgIpc) is 2.86. The largest absolute Gasteiger partial charge is 0.466 e. The summed E-state index contributed by atoms with van der Waals surface area (Å²) in [7, 11) is 0. The number of benzene rings is 1. The number of halogens is 1. The van der Waals surface area contributed by atoms with Gasteiger partial charge in [0, 0.05) is 38.6 Å². The summed E-state index contributed by atoms with van der Waals surface area (Å²) in [5.74, 6) is 0.00597. The van der Waals surface area contributed by atoms with E-state index in [9.17, 15) is 9.18 Å². The second-order valence-electron chi connectivity index (χ2n) is 7.52. The molecular weight excluding hydrogens is 331 g/mol. The van der Waals surface area contributed by atoms with Crippen molar-refractivity contribution in [3.63, 3.8) is 0 Å². The lowest BCUT2D eigenvalue weighted by molar-refractivity contribution is -0.157. The van der Waals surface area contributed by atoms with Crippen molar-refractivity contribution >= 4 is 5.97 Å². The maximum Gasteiger partial charge on any atom is 0.313 e. The van der Waals surface area contributed by atoms with E-state index in [0.29, 0.717) is 6.61 Å². The zero-order chi connectivity index (χ0) is 18.6. The van der Waals surface area contributed by atoms with E-state index < -0.39 is 5.41 Å². The van der Waals surface area contributed by atoms with Crippen molar-refractivity contribution in [2.24, 2.45) is 11.3 Å². The van der Waals surface area contributed by atoms with Crippen LogP contribution in [-0.4, -0.2) is 55.1 Å². The molecule has 2 saturated heterocycles. The number of carbonyl (C=O) groups excluding carboxylic acids is 1. The number of fused-ring (bicyclic) bond motifs is 1. The summed E-state index contributed by atoms with van der Waals surface area (Å²) in [5.41, 5.74) is 0.701. The molecule has 0 unspecified atom stereocenters. The van der Waals surface area contributed by atoms with Crippen LogP contribution in [0.3, 0.4) is 0 Å². The highest BCUT2D eigenvalue weighted by atomic mass is 19.1. The fourth-order valence-corrected chi connectivity index (χ4v) is 4.54. The Kier molecular flexibility index (Phi) is 6.09. The molecule has 0 aromatic heterocycles. The number of hydrogen-bond donors (Lipinski definition) is 0. The molecule has 5 heteroatoms. The number of ether oxygens (including phenoxy) is 1. The Hall–Kier alpha value is -1.72. The monoisotopic (exact) mass is 360 g/mol. The van der Waals surface area contributed by atoms with Gasteiger partial charge in [0.2, 0.25) is 0 Å². The van der Waals surface area contributed by atoms with Crippen molar-refractivity contribution in [2.45, 2.75) is 26.3 Å². The van der Waals surface area contributed by atoms with Gasteiger partial charge in [-0.05, 0) is 44.0 Å². The van der Waals surface area contributed by atoms with Crippen LogP contribution in [0, 0.1) is 17.2 Å². The van der Waals surface area contributed by atoms with Crippen LogP contribution in [0.25, 0.3) is 0 Å². The fraction of sp³-hybridized carbons (Fsp3) is 0.571. The predicted octanol–water partition coefficient (Wildman–Crippen LogP) is 3.09. The molecule has 2 fully saturated rings. The van der Waals surface area contributed by atoms with E-state index >= 15 is 0 Å². The molecule has 2 atom stereocenters. The number of likely N-dealkylation sites (tertiary alicyclic amines) is 2. The van der Waals surface area contributed by atoms with Crippen molar-refractivity contribution < 1.29 is 13.9 Å². The molecule has 3 rings (SSSR count). The summed E-state index contributed by atoms with van der Waals surface area (Å²) in [6, 6.07) is 6.71. The average molecular weight is 360 g/mol. The maximum absolute atomic E-state index is 13.2. The number of nitrogens with zero attached hydrogens (tertiary/aromatic N) is 2. The molecule has 2 aliphatic rings. The summed E-state index contributed by atoms with van der Waals surface area (Å²) >= 11 is 0. The predicted molar refractivity (Wildman–Crippen MR) is 100 cm³/mol. The maximum atomic E-state index is 13.2. The van der Waals surface area contributed by atoms with Crippen molar-refractivity contribution in [3.05, 3.63) is 48.3 Å². The van der Waals surface area contributed by atoms with Crippen molar-refractivity contribution in [1.82, 2.24) is 9.80 Å². The Morgan fingerprint density at radius 2 is 2.08 bits per heavy atom. The van der Waals surface area contributed by atoms with Gasteiger partial charge in [-0.2, -0.15) is 0 Å². The summed E-state index contributed by atoms with van der Waals surface area (Å²) in [6.07, 6.45) is 3.74. The molecular formula is C21H29FN2O2. The molecule has 1 aromatic carbocycles. The summed E-state index contributed by atoms with van der Waals surface area (Å²) < 4.78 is 18.6. The molecule has 0 spiro atoms. The van der Waals surface area contributed by atoms with Crippen LogP contribution >= 0.6 is 0 Å². The molecule has 0 bridgehead atoms. The Balaban J connectivity index is 1.76. The van der Waals surface area contributed by atoms with Gasteiger partial charge in [0.15, 0.2) is 0 Å². The minimum Gasteiger partial charge on any atom is -0.466 e. The lowest BCUT2D eigenvalue weighted by atomic mass is 9.75. The van der Waals surface area contributed by atoms with Crippen LogP contribution in [-0.2, 0) is 16.1 Å². The summed E-state index contributed by atoms with van der Waals surface area (Å²) in [4.78, 5) is 17.6. The Morgan fingerprint density at radius 1 is 1.35 bits per heavy atom. The van der Waals surface area contributed by atoms with E-state index in [0.717, 1.165) is 57.7 Å². The zero-order valence-corrected chi connectivity index (χ0v) is 15.6. The van der Waals surface area contributed by atoms with E-state index in [-0.39, 0.29) is 17.7 Å². The molecule has 2 heterocycles. The van der Waals surface area contributed by atoms with E-state index in [4.69, 9.17) is 4.74 Å². The fourth-order valence-electron chi connectivity index (χ4n) is 4.54. The Bertz CT molecular complexity index is 633. The van der Waals surface area contributed by atoms with E-state index in [1.807, 2.05) is 25.1 Å². The van der Waals surface area contributed by atoms with Crippen molar-refractivity contribution in [2.75, 3.05) is 39.3 Å². The van der Waals surface area contributed by atoms with Crippen LogP contribution in [0.2, 0.25) is 0 Å². The minimum absolute atomic E-state index is 0.0415. The molecule has 0 radical (unpaired) electrons. The van der Waals surface area contributed by atoms with Gasteiger partial charge in [0.1, 0.15) is 5.82 Å². The highest BCUT2D eigenvalue weighted by Gasteiger charge is 2.53. The smallest absolute Gasteiger partial charge is 0.313 e. The number of esters is 1. The van der Waals surface area contributed by atoms with Crippen LogP contribution in [0.5, 0.6) is 0 Å². The van der Waals surface area contributed by atoms with Gasteiger partial charge in [-0.1, -0.05) is 18.2 Å². The third-order valence-corrected chi connectivity index (χ3v) is 5.73. The van der Waals surface area contributed by atoms with Crippen LogP contribution in [0.4, 0.5) is 4.39 Å². The topological polar surface area (TPSA) is 32.8 Å². The quantitative estimate of drug-likeness (QED) is 0.577. The molecule has 2 aliphatic heterocycles. The van der Waals surface area contributed by atoms with E-state index in [2.05, 4.69) is 16.4 Å². The minimum atomic E-state index is -0.406. The van der Waals surface area contributed by atoms with Crippen LogP contribution in [0.1, 0.15) is 25.3 Å². The molecule has 4 nitrogen and oxygen atoms in total. The molecule has 142 valence electrons. The SMILES string of the molecule is C=CCN1C[C@H]2CN(Cc3ccc(F)cc3)CCC[C@@]2(C(=O)OCC)C1. The third kappa shape index (κ3) is 3.99. The zero-order valence-electron chi connectivity index (χ0n) is 15.6. The molecule has 0 saturated carbocycles. The first-order chi connectivity index (χ1) is 12.6. The highest BCUT2D eigenvalue weighted by Crippen LogP contribution is 2.43. The first-order valence-electron chi connectivity index (χ1n) is 9.54. The first-order valence-corrected chi connectivity index (χ1v) is 9.54. The summed E-state index contributed by atoms with van der Waals surface area (Å²) in [6.45, 7) is 11.2. The normalized spacial score (nSPS) is 26.9. The molecule has 26 heavy (non-hydrogen) atoms. The van der Waals surface area contributed by atoms with Gasteiger partial charge in [-0.3, -0.25) is 14.6 Å². The van der Waals surface area contributed by atoms with Gasteiger partial charge in [-0.25, -0.2) is 4.39 Å². The van der Waals surface area contributed by atoms with Gasteiger partial charge in [0.25, 0.3) is 0 Å². The van der Waals surface area contributed by atoms with E-state index in [1.165, 1.54) is 12.1 Å². The van der Waals surface area contributed by atoms with E-state index in [1.54, 1.807) is 0 Å². The highest BCUT2D eigenvalue weighted by molar-refractivity contribution is 5.78. The lowest BCUT2D eigenvalue weighted by Crippen LogP contribution is -2.42. The third-order valence-electron chi connectivity index (χ3n) is 5.73. The molecule has 0 amide bonds. The van der Waals surface area contributed by atoms with Crippen molar-refractivity contribution in [3.8, 4) is 0 Å². The molecule has 0 aliphatic carbocycles. The Morgan fingerprint density at radius 3 is 2.77 bits per heavy atom.